The molecule has 4 amide bonds. The molecule has 0 aromatic heterocycles. The SMILES string of the molecule is CC1(C)NC(=O)N(CC(=O)Nc2ccc(S(=O)(=O)N3CCCCCC3)cc2)C1=O. The van der Waals surface area contributed by atoms with Crippen molar-refractivity contribution in [3.8, 4) is 0 Å². The van der Waals surface area contributed by atoms with Crippen molar-refractivity contribution in [2.45, 2.75) is 50.0 Å². The highest BCUT2D eigenvalue weighted by Crippen LogP contribution is 2.22. The van der Waals surface area contributed by atoms with Gasteiger partial charge in [-0.1, -0.05) is 12.8 Å². The summed E-state index contributed by atoms with van der Waals surface area (Å²) >= 11 is 0. The van der Waals surface area contributed by atoms with Gasteiger partial charge in [0, 0.05) is 18.8 Å². The van der Waals surface area contributed by atoms with E-state index in [-0.39, 0.29) is 4.90 Å². The number of carbonyl (C=O) groups excluding carboxylic acids is 3. The Morgan fingerprint density at radius 1 is 1.07 bits per heavy atom. The molecule has 0 spiro atoms. The van der Waals surface area contributed by atoms with Crippen molar-refractivity contribution < 1.29 is 22.8 Å². The minimum atomic E-state index is -3.56. The van der Waals surface area contributed by atoms with Gasteiger partial charge in [-0.15, -0.1) is 0 Å². The molecule has 2 saturated heterocycles. The first-order chi connectivity index (χ1) is 13.6. The number of hydrogen-bond acceptors (Lipinski definition) is 5. The highest BCUT2D eigenvalue weighted by Gasteiger charge is 2.44. The lowest BCUT2D eigenvalue weighted by molar-refractivity contribution is -0.132. The van der Waals surface area contributed by atoms with Crippen LogP contribution < -0.4 is 10.6 Å². The molecular formula is C19H26N4O5S. The number of urea groups is 1. The van der Waals surface area contributed by atoms with Crippen LogP contribution >= 0.6 is 0 Å². The maximum Gasteiger partial charge on any atom is 0.325 e. The minimum Gasteiger partial charge on any atom is -0.325 e. The van der Waals surface area contributed by atoms with Crippen LogP contribution in [0.1, 0.15) is 39.5 Å². The maximum absolute atomic E-state index is 12.8. The molecule has 0 atom stereocenters. The normalized spacial score (nSPS) is 20.3. The number of anilines is 1. The molecular weight excluding hydrogens is 396 g/mol. The number of carbonyl (C=O) groups is 3. The zero-order valence-electron chi connectivity index (χ0n) is 16.6. The first-order valence-electron chi connectivity index (χ1n) is 9.65. The van der Waals surface area contributed by atoms with Gasteiger partial charge >= 0.3 is 6.03 Å². The zero-order valence-corrected chi connectivity index (χ0v) is 17.4. The number of benzene rings is 1. The zero-order chi connectivity index (χ0) is 21.2. The van der Waals surface area contributed by atoms with Crippen LogP contribution in [0, 0.1) is 0 Å². The molecule has 1 aromatic carbocycles. The van der Waals surface area contributed by atoms with Gasteiger partial charge in [-0.25, -0.2) is 13.2 Å². The highest BCUT2D eigenvalue weighted by atomic mass is 32.2. The Hall–Kier alpha value is -2.46. The third-order valence-corrected chi connectivity index (χ3v) is 7.00. The van der Waals surface area contributed by atoms with Gasteiger partial charge in [0.1, 0.15) is 12.1 Å². The molecule has 0 radical (unpaired) electrons. The van der Waals surface area contributed by atoms with Crippen molar-refractivity contribution in [1.82, 2.24) is 14.5 Å². The van der Waals surface area contributed by atoms with Crippen molar-refractivity contribution in [2.24, 2.45) is 0 Å². The lowest BCUT2D eigenvalue weighted by atomic mass is 10.1. The molecule has 158 valence electrons. The predicted molar refractivity (Wildman–Crippen MR) is 107 cm³/mol. The Kier molecular flexibility index (Phi) is 5.95. The third-order valence-electron chi connectivity index (χ3n) is 5.09. The fourth-order valence-electron chi connectivity index (χ4n) is 3.45. The molecule has 3 rings (SSSR count). The summed E-state index contributed by atoms with van der Waals surface area (Å²) in [5, 5.41) is 5.09. The largest absolute Gasteiger partial charge is 0.325 e. The molecule has 0 aliphatic carbocycles. The monoisotopic (exact) mass is 422 g/mol. The van der Waals surface area contributed by atoms with Gasteiger partial charge in [0.25, 0.3) is 5.91 Å². The summed E-state index contributed by atoms with van der Waals surface area (Å²) in [6, 6.07) is 5.28. The molecule has 2 fully saturated rings. The predicted octanol–water partition coefficient (Wildman–Crippen LogP) is 1.52. The molecule has 0 unspecified atom stereocenters. The fraction of sp³-hybridized carbons (Fsp3) is 0.526. The number of nitrogens with one attached hydrogen (secondary N) is 2. The van der Waals surface area contributed by atoms with Crippen LogP contribution in [-0.4, -0.2) is 60.6 Å². The van der Waals surface area contributed by atoms with E-state index in [4.69, 9.17) is 0 Å². The Bertz CT molecular complexity index is 903. The molecule has 29 heavy (non-hydrogen) atoms. The molecule has 0 bridgehead atoms. The number of imide groups is 1. The van der Waals surface area contributed by atoms with Crippen molar-refractivity contribution in [2.75, 3.05) is 25.0 Å². The average Bonchev–Trinajstić information content (AvgIpc) is 2.87. The van der Waals surface area contributed by atoms with Crippen molar-refractivity contribution in [3.63, 3.8) is 0 Å². The number of amides is 4. The second-order valence-electron chi connectivity index (χ2n) is 7.84. The van der Waals surface area contributed by atoms with Crippen LogP contribution in [0.15, 0.2) is 29.2 Å². The molecule has 1 aromatic rings. The Morgan fingerprint density at radius 2 is 1.66 bits per heavy atom. The van der Waals surface area contributed by atoms with Gasteiger partial charge in [0.2, 0.25) is 15.9 Å². The second kappa shape index (κ2) is 8.11. The number of nitrogens with zero attached hydrogens (tertiary/aromatic N) is 2. The smallest absolute Gasteiger partial charge is 0.325 e. The van der Waals surface area contributed by atoms with Crippen molar-refractivity contribution in [3.05, 3.63) is 24.3 Å². The van der Waals surface area contributed by atoms with E-state index in [1.807, 2.05) is 0 Å². The van der Waals surface area contributed by atoms with Gasteiger partial charge in [0.15, 0.2) is 0 Å². The first-order valence-corrected chi connectivity index (χ1v) is 11.1. The van der Waals surface area contributed by atoms with E-state index in [0.717, 1.165) is 30.6 Å². The second-order valence-corrected chi connectivity index (χ2v) is 9.78. The van der Waals surface area contributed by atoms with Crippen LogP contribution in [-0.2, 0) is 19.6 Å². The van der Waals surface area contributed by atoms with E-state index in [1.165, 1.54) is 28.6 Å². The highest BCUT2D eigenvalue weighted by molar-refractivity contribution is 7.89. The molecule has 10 heteroatoms. The maximum atomic E-state index is 12.8. The van der Waals surface area contributed by atoms with Gasteiger partial charge in [-0.3, -0.25) is 14.5 Å². The Morgan fingerprint density at radius 3 is 2.17 bits per heavy atom. The summed E-state index contributed by atoms with van der Waals surface area (Å²) in [5.41, 5.74) is -0.656. The Labute approximate surface area is 170 Å². The van der Waals surface area contributed by atoms with E-state index >= 15 is 0 Å². The van der Waals surface area contributed by atoms with E-state index in [2.05, 4.69) is 10.6 Å². The summed E-state index contributed by atoms with van der Waals surface area (Å²) in [6.07, 6.45) is 3.78. The molecule has 2 aliphatic rings. The van der Waals surface area contributed by atoms with Gasteiger partial charge in [0.05, 0.1) is 4.90 Å². The lowest BCUT2D eigenvalue weighted by Crippen LogP contribution is -2.41. The first kappa shape index (κ1) is 21.3. The van der Waals surface area contributed by atoms with E-state index in [0.29, 0.717) is 18.8 Å². The average molecular weight is 423 g/mol. The molecule has 2 aliphatic heterocycles. The summed E-state index contributed by atoms with van der Waals surface area (Å²) in [5.74, 6) is -1.02. The standard InChI is InChI=1S/C19H26N4O5S/c1-19(2)17(25)23(18(26)21-19)13-16(24)20-14-7-9-15(10-8-14)29(27,28)22-11-5-3-4-6-12-22/h7-10H,3-6,11-13H2,1-2H3,(H,20,24)(H,21,26). The van der Waals surface area contributed by atoms with E-state index < -0.39 is 40.0 Å². The summed E-state index contributed by atoms with van der Waals surface area (Å²) in [6.45, 7) is 3.75. The topological polar surface area (TPSA) is 116 Å². The summed E-state index contributed by atoms with van der Waals surface area (Å²) in [7, 11) is -3.56. The molecule has 0 saturated carbocycles. The van der Waals surface area contributed by atoms with E-state index in [1.54, 1.807) is 13.8 Å². The van der Waals surface area contributed by atoms with Gasteiger partial charge < -0.3 is 10.6 Å². The summed E-state index contributed by atoms with van der Waals surface area (Å²) in [4.78, 5) is 37.3. The summed E-state index contributed by atoms with van der Waals surface area (Å²) < 4.78 is 27.1. The fourth-order valence-corrected chi connectivity index (χ4v) is 4.96. The minimum absolute atomic E-state index is 0.174. The van der Waals surface area contributed by atoms with Crippen LogP contribution in [0.5, 0.6) is 0 Å². The molecule has 2 heterocycles. The quantitative estimate of drug-likeness (QED) is 0.698. The van der Waals surface area contributed by atoms with Crippen molar-refractivity contribution >= 4 is 33.6 Å². The lowest BCUT2D eigenvalue weighted by Gasteiger charge is -2.20. The van der Waals surface area contributed by atoms with Gasteiger partial charge in [-0.2, -0.15) is 4.31 Å². The molecule has 9 nitrogen and oxygen atoms in total. The number of sulfonamides is 1. The molecule has 2 N–H and O–H groups in total. The van der Waals surface area contributed by atoms with Crippen molar-refractivity contribution in [1.29, 1.82) is 0 Å². The van der Waals surface area contributed by atoms with Crippen LogP contribution in [0.25, 0.3) is 0 Å². The van der Waals surface area contributed by atoms with Crippen LogP contribution in [0.2, 0.25) is 0 Å². The third kappa shape index (κ3) is 4.59. The van der Waals surface area contributed by atoms with Crippen LogP contribution in [0.4, 0.5) is 10.5 Å². The number of rotatable bonds is 5. The Balaban J connectivity index is 1.64. The van der Waals surface area contributed by atoms with Gasteiger partial charge in [-0.05, 0) is 51.0 Å². The van der Waals surface area contributed by atoms with Crippen LogP contribution in [0.3, 0.4) is 0 Å². The number of hydrogen-bond donors (Lipinski definition) is 2. The van der Waals surface area contributed by atoms with E-state index in [9.17, 15) is 22.8 Å².